The molecule has 0 N–H and O–H groups in total. The molecule has 1 nitrogen and oxygen atoms in total. The molecule has 0 atom stereocenters. The molecule has 1 aliphatic rings. The number of hydrogen-bond donors (Lipinski definition) is 0. The fraction of sp³-hybridized carbons (Fsp3) is 0.133. The molecule has 3 rings (SSSR count). The second-order valence-corrected chi connectivity index (χ2v) is 10.2. The van der Waals surface area contributed by atoms with Crippen molar-refractivity contribution in [3.05, 3.63) is 59.7 Å². The third-order valence-corrected chi connectivity index (χ3v) is 6.28. The van der Waals surface area contributed by atoms with Gasteiger partial charge in [-0.15, -0.1) is 0 Å². The van der Waals surface area contributed by atoms with E-state index in [1.54, 1.807) is 0 Å². The maximum absolute atomic E-state index is 11.9. The molecule has 0 aliphatic heterocycles. The Kier molecular flexibility index (Phi) is 3.82. The average Bonchev–Trinajstić information content (AvgIpc) is 2.74. The molecule has 0 bridgehead atoms. The van der Waals surface area contributed by atoms with Crippen LogP contribution in [-0.2, 0) is 20.5 Å². The minimum absolute atomic E-state index is 0.0415. The van der Waals surface area contributed by atoms with Gasteiger partial charge in [-0.1, -0.05) is 0 Å². The van der Waals surface area contributed by atoms with Gasteiger partial charge >= 0.3 is 126 Å². The van der Waals surface area contributed by atoms with Crippen molar-refractivity contribution in [2.45, 2.75) is 12.3 Å². The van der Waals surface area contributed by atoms with E-state index in [0.29, 0.717) is 6.42 Å². The van der Waals surface area contributed by atoms with Crippen LogP contribution in [0, 0.1) is 0 Å². The molecule has 2 aromatic rings. The van der Waals surface area contributed by atoms with Crippen molar-refractivity contribution in [1.29, 1.82) is 0 Å². The van der Waals surface area contributed by atoms with Gasteiger partial charge in [0.05, 0.1) is 0 Å². The first-order valence-corrected chi connectivity index (χ1v) is 11.2. The first-order chi connectivity index (χ1) is 9.18. The molecule has 0 amide bonds. The summed E-state index contributed by atoms with van der Waals surface area (Å²) >= 11 is -2.50. The van der Waals surface area contributed by atoms with Crippen LogP contribution in [0.2, 0.25) is 0 Å². The zero-order valence-electron chi connectivity index (χ0n) is 10.1. The van der Waals surface area contributed by atoms with Crippen molar-refractivity contribution in [3.8, 4) is 11.1 Å². The summed E-state index contributed by atoms with van der Waals surface area (Å²) in [6.07, 6.45) is 0.427. The van der Waals surface area contributed by atoms with Gasteiger partial charge in [-0.25, -0.2) is 0 Å². The Labute approximate surface area is 126 Å². The second kappa shape index (κ2) is 5.42. The molecule has 1 aliphatic carbocycles. The number of carbonyl (C=O) groups excluding carboxylic acids is 1. The van der Waals surface area contributed by atoms with Crippen LogP contribution in [-0.4, -0.2) is 4.09 Å². The molecular formula is C15H11Cl2OTi. The molecule has 0 fully saturated rings. The minimum atomic E-state index is -2.50. The Morgan fingerprint density at radius 3 is 1.89 bits per heavy atom. The molecule has 0 saturated heterocycles. The Balaban J connectivity index is 2.07. The monoisotopic (exact) mass is 325 g/mol. The van der Waals surface area contributed by atoms with E-state index in [2.05, 4.69) is 24.3 Å². The molecular weight excluding hydrogens is 315 g/mol. The van der Waals surface area contributed by atoms with Crippen molar-refractivity contribution < 1.29 is 20.5 Å². The Hall–Kier alpha value is -0.596. The molecule has 19 heavy (non-hydrogen) atoms. The summed E-state index contributed by atoms with van der Waals surface area (Å²) in [6, 6.07) is 16.5. The molecule has 2 aromatic carbocycles. The fourth-order valence-corrected chi connectivity index (χ4v) is 3.94. The van der Waals surface area contributed by atoms with Crippen molar-refractivity contribution >= 4 is 22.7 Å². The summed E-state index contributed by atoms with van der Waals surface area (Å²) < 4.78 is 0.0415. The molecule has 0 heterocycles. The van der Waals surface area contributed by atoms with E-state index in [4.69, 9.17) is 18.6 Å². The number of hydrogen-bond acceptors (Lipinski definition) is 1. The van der Waals surface area contributed by atoms with Crippen molar-refractivity contribution in [2.75, 3.05) is 0 Å². The van der Waals surface area contributed by atoms with Crippen molar-refractivity contribution in [1.82, 2.24) is 0 Å². The number of halogens is 2. The number of benzene rings is 2. The summed E-state index contributed by atoms with van der Waals surface area (Å²) in [7, 11) is 11.7. The standard InChI is InChI=1S/C15H11O.2ClH.Ti/c16-10-9-15-13-7-3-1-5-11(13)12-6-2-4-8-14(12)15;;;/h1-8,15H,9H2;2*1H;/q;;;+2/p-2. The molecule has 0 radical (unpaired) electrons. The van der Waals surface area contributed by atoms with Gasteiger partial charge in [0.25, 0.3) is 0 Å². The molecule has 0 saturated carbocycles. The normalized spacial score (nSPS) is 12.9. The predicted molar refractivity (Wildman–Crippen MR) is 75.1 cm³/mol. The zero-order chi connectivity index (χ0) is 13.4. The van der Waals surface area contributed by atoms with E-state index in [0.717, 1.165) is 0 Å². The molecule has 95 valence electrons. The number of rotatable bonds is 3. The second-order valence-electron chi connectivity index (χ2n) is 4.61. The first kappa shape index (κ1) is 13.4. The molecule has 0 aromatic heterocycles. The van der Waals surface area contributed by atoms with E-state index in [1.807, 2.05) is 24.3 Å². The van der Waals surface area contributed by atoms with E-state index in [9.17, 15) is 4.79 Å². The van der Waals surface area contributed by atoms with Crippen molar-refractivity contribution in [3.63, 3.8) is 0 Å². The van der Waals surface area contributed by atoms with Crippen LogP contribution >= 0.6 is 18.6 Å². The van der Waals surface area contributed by atoms with Crippen molar-refractivity contribution in [2.24, 2.45) is 0 Å². The third-order valence-electron chi connectivity index (χ3n) is 3.56. The predicted octanol–water partition coefficient (Wildman–Crippen LogP) is 4.64. The summed E-state index contributed by atoms with van der Waals surface area (Å²) in [5.74, 6) is 0.111. The van der Waals surface area contributed by atoms with Gasteiger partial charge < -0.3 is 0 Å². The molecule has 4 heteroatoms. The van der Waals surface area contributed by atoms with Crippen LogP contribution in [0.25, 0.3) is 11.1 Å². The van der Waals surface area contributed by atoms with Crippen LogP contribution in [0.5, 0.6) is 0 Å². The van der Waals surface area contributed by atoms with E-state index < -0.39 is 15.7 Å². The van der Waals surface area contributed by atoms with Gasteiger partial charge in [0.15, 0.2) is 0 Å². The Morgan fingerprint density at radius 2 is 1.42 bits per heavy atom. The first-order valence-electron chi connectivity index (χ1n) is 6.08. The van der Waals surface area contributed by atoms with Crippen LogP contribution in [0.4, 0.5) is 0 Å². The van der Waals surface area contributed by atoms with Crippen LogP contribution in [0.15, 0.2) is 48.5 Å². The fourth-order valence-electron chi connectivity index (χ4n) is 2.74. The Morgan fingerprint density at radius 1 is 0.947 bits per heavy atom. The molecule has 0 unspecified atom stereocenters. The number of carbonyl (C=O) groups is 1. The zero-order valence-corrected chi connectivity index (χ0v) is 13.1. The van der Waals surface area contributed by atoms with Gasteiger partial charge in [0.2, 0.25) is 0 Å². The van der Waals surface area contributed by atoms with Crippen LogP contribution in [0.1, 0.15) is 23.5 Å². The van der Waals surface area contributed by atoms with Crippen LogP contribution < -0.4 is 0 Å². The van der Waals surface area contributed by atoms with Gasteiger partial charge in [0.1, 0.15) is 0 Å². The SMILES string of the molecule is O=[C](CC1c2ccccc2-c2ccccc21)[Ti]([Cl])[Cl]. The van der Waals surface area contributed by atoms with E-state index >= 15 is 0 Å². The van der Waals surface area contributed by atoms with E-state index in [1.165, 1.54) is 22.3 Å². The average molecular weight is 326 g/mol. The summed E-state index contributed by atoms with van der Waals surface area (Å²) in [5.41, 5.74) is 4.87. The summed E-state index contributed by atoms with van der Waals surface area (Å²) in [4.78, 5) is 11.9. The van der Waals surface area contributed by atoms with Gasteiger partial charge in [-0.3, -0.25) is 0 Å². The Bertz CT molecular complexity index is 594. The van der Waals surface area contributed by atoms with E-state index in [-0.39, 0.29) is 10.0 Å². The number of fused-ring (bicyclic) bond motifs is 3. The van der Waals surface area contributed by atoms with Crippen LogP contribution in [0.3, 0.4) is 0 Å². The quantitative estimate of drug-likeness (QED) is 0.751. The topological polar surface area (TPSA) is 17.1 Å². The third kappa shape index (κ3) is 2.41. The molecule has 0 spiro atoms. The summed E-state index contributed by atoms with van der Waals surface area (Å²) in [6.45, 7) is 0. The maximum atomic E-state index is 11.9. The van der Waals surface area contributed by atoms with Gasteiger partial charge in [-0.05, 0) is 0 Å². The van der Waals surface area contributed by atoms with Gasteiger partial charge in [0, 0.05) is 0 Å². The summed E-state index contributed by atoms with van der Waals surface area (Å²) in [5, 5.41) is 0. The van der Waals surface area contributed by atoms with Gasteiger partial charge in [-0.2, -0.15) is 0 Å².